The van der Waals surface area contributed by atoms with E-state index in [1.54, 1.807) is 0 Å². The summed E-state index contributed by atoms with van der Waals surface area (Å²) in [4.78, 5) is 22.3. The summed E-state index contributed by atoms with van der Waals surface area (Å²) in [6.07, 6.45) is 0.364. The monoisotopic (exact) mass is 218 g/mol. The summed E-state index contributed by atoms with van der Waals surface area (Å²) < 4.78 is 0. The van der Waals surface area contributed by atoms with Crippen LogP contribution in [-0.4, -0.2) is 30.0 Å². The van der Waals surface area contributed by atoms with Crippen LogP contribution in [0.2, 0.25) is 0 Å². The number of ketones is 1. The summed E-state index contributed by atoms with van der Waals surface area (Å²) in [6, 6.07) is -0.590. The van der Waals surface area contributed by atoms with Crippen molar-refractivity contribution >= 4 is 24.3 Å². The minimum absolute atomic E-state index is 0.0189. The number of nitrogens with one attached hydrogen (secondary N) is 1. The molecular weight excluding hydrogens is 200 g/mol. The van der Waals surface area contributed by atoms with Crippen LogP contribution in [0.25, 0.3) is 0 Å². The molecule has 0 bridgehead atoms. The second-order valence-corrected chi connectivity index (χ2v) is 3.82. The first-order chi connectivity index (χ1) is 6.49. The van der Waals surface area contributed by atoms with E-state index in [2.05, 4.69) is 17.9 Å². The maximum atomic E-state index is 11.2. The Hall–Kier alpha value is -0.550. The van der Waals surface area contributed by atoms with Gasteiger partial charge in [-0.2, -0.15) is 12.6 Å². The van der Waals surface area contributed by atoms with Crippen molar-refractivity contribution in [3.8, 4) is 0 Å². The molecule has 1 atom stereocenters. The van der Waals surface area contributed by atoms with Crippen molar-refractivity contribution in [2.45, 2.75) is 26.3 Å². The third kappa shape index (κ3) is 5.24. The van der Waals surface area contributed by atoms with Gasteiger partial charge in [-0.15, -0.1) is 0 Å². The highest BCUT2D eigenvalue weighted by molar-refractivity contribution is 7.80. The molecule has 0 aromatic rings. The van der Waals surface area contributed by atoms with Crippen molar-refractivity contribution in [2.24, 2.45) is 11.7 Å². The molecule has 0 fully saturated rings. The molecule has 0 rings (SSSR count). The van der Waals surface area contributed by atoms with E-state index in [1.807, 2.05) is 13.8 Å². The summed E-state index contributed by atoms with van der Waals surface area (Å²) in [5.74, 6) is 0.219. The molecule has 0 aliphatic rings. The Morgan fingerprint density at radius 2 is 2.00 bits per heavy atom. The van der Waals surface area contributed by atoms with Crippen LogP contribution in [0, 0.1) is 5.92 Å². The molecule has 0 spiro atoms. The molecule has 0 heterocycles. The number of hydrogen-bond acceptors (Lipinski definition) is 4. The van der Waals surface area contributed by atoms with E-state index < -0.39 is 6.04 Å². The van der Waals surface area contributed by atoms with E-state index in [9.17, 15) is 9.59 Å². The number of carbonyl (C=O) groups is 2. The lowest BCUT2D eigenvalue weighted by atomic mass is 10.1. The van der Waals surface area contributed by atoms with Crippen molar-refractivity contribution in [3.63, 3.8) is 0 Å². The minimum Gasteiger partial charge on any atom is -0.354 e. The van der Waals surface area contributed by atoms with Crippen molar-refractivity contribution in [1.82, 2.24) is 5.32 Å². The number of amides is 1. The van der Waals surface area contributed by atoms with Crippen LogP contribution in [0.5, 0.6) is 0 Å². The van der Waals surface area contributed by atoms with E-state index in [4.69, 9.17) is 5.73 Å². The third-order valence-corrected chi connectivity index (χ3v) is 2.24. The summed E-state index contributed by atoms with van der Waals surface area (Å²) in [5, 5.41) is 2.59. The predicted molar refractivity (Wildman–Crippen MR) is 59.3 cm³/mol. The molecule has 0 unspecified atom stereocenters. The van der Waals surface area contributed by atoms with Gasteiger partial charge < -0.3 is 11.1 Å². The van der Waals surface area contributed by atoms with Crippen LogP contribution in [0.15, 0.2) is 0 Å². The molecule has 0 aromatic heterocycles. The molecule has 0 aromatic carbocycles. The molecule has 0 saturated heterocycles. The van der Waals surface area contributed by atoms with Crippen molar-refractivity contribution in [3.05, 3.63) is 0 Å². The zero-order valence-corrected chi connectivity index (χ0v) is 9.51. The maximum Gasteiger partial charge on any atom is 0.237 e. The van der Waals surface area contributed by atoms with Crippen LogP contribution in [-0.2, 0) is 9.59 Å². The largest absolute Gasteiger partial charge is 0.354 e. The smallest absolute Gasteiger partial charge is 0.237 e. The fraction of sp³-hybridized carbons (Fsp3) is 0.778. The fourth-order valence-corrected chi connectivity index (χ4v) is 0.977. The lowest BCUT2D eigenvalue weighted by molar-refractivity contribution is -0.123. The molecule has 1 amide bonds. The van der Waals surface area contributed by atoms with Gasteiger partial charge in [0, 0.05) is 24.6 Å². The Labute approximate surface area is 90.0 Å². The van der Waals surface area contributed by atoms with Gasteiger partial charge in [0.05, 0.1) is 6.04 Å². The zero-order chi connectivity index (χ0) is 11.1. The summed E-state index contributed by atoms with van der Waals surface area (Å²) in [7, 11) is 0. The van der Waals surface area contributed by atoms with E-state index >= 15 is 0 Å². The van der Waals surface area contributed by atoms with E-state index in [1.165, 1.54) is 0 Å². The van der Waals surface area contributed by atoms with Gasteiger partial charge >= 0.3 is 0 Å². The lowest BCUT2D eigenvalue weighted by Crippen LogP contribution is -2.42. The second kappa shape index (κ2) is 6.84. The van der Waals surface area contributed by atoms with Gasteiger partial charge in [-0.3, -0.25) is 9.59 Å². The van der Waals surface area contributed by atoms with Gasteiger partial charge in [0.2, 0.25) is 5.91 Å². The highest BCUT2D eigenvalue weighted by Crippen LogP contribution is 1.97. The highest BCUT2D eigenvalue weighted by Gasteiger charge is 2.12. The maximum absolute atomic E-state index is 11.2. The van der Waals surface area contributed by atoms with Crippen molar-refractivity contribution in [2.75, 3.05) is 12.3 Å². The van der Waals surface area contributed by atoms with Crippen LogP contribution < -0.4 is 11.1 Å². The van der Waals surface area contributed by atoms with Crippen LogP contribution >= 0.6 is 12.6 Å². The number of thiol groups is 1. The molecule has 0 saturated carbocycles. The predicted octanol–water partition coefficient (Wildman–Crippen LogP) is -0.0251. The van der Waals surface area contributed by atoms with Gasteiger partial charge in [-0.25, -0.2) is 0 Å². The molecule has 14 heavy (non-hydrogen) atoms. The molecule has 4 nitrogen and oxygen atoms in total. The van der Waals surface area contributed by atoms with Crippen LogP contribution in [0.3, 0.4) is 0 Å². The Balaban J connectivity index is 3.64. The topological polar surface area (TPSA) is 72.2 Å². The van der Waals surface area contributed by atoms with Crippen molar-refractivity contribution in [1.29, 1.82) is 0 Å². The molecule has 5 heteroatoms. The van der Waals surface area contributed by atoms with Gasteiger partial charge in [-0.05, 0) is 0 Å². The van der Waals surface area contributed by atoms with E-state index in [0.29, 0.717) is 18.7 Å². The Bertz CT molecular complexity index is 207. The van der Waals surface area contributed by atoms with Gasteiger partial charge in [0.15, 0.2) is 0 Å². The molecule has 0 aliphatic heterocycles. The average molecular weight is 218 g/mol. The first kappa shape index (κ1) is 13.4. The molecule has 82 valence electrons. The fourth-order valence-electron chi connectivity index (χ4n) is 0.812. The molecular formula is C9H18N2O2S. The van der Waals surface area contributed by atoms with Crippen LogP contribution in [0.4, 0.5) is 0 Å². The number of Topliss-reactive ketones (excluding diaryl/α,β-unsaturated/α-hetero) is 1. The minimum atomic E-state index is -0.590. The average Bonchev–Trinajstić information content (AvgIpc) is 2.15. The quantitative estimate of drug-likeness (QED) is 0.548. The molecule has 0 aliphatic carbocycles. The van der Waals surface area contributed by atoms with E-state index in [-0.39, 0.29) is 17.6 Å². The second-order valence-electron chi connectivity index (χ2n) is 3.45. The highest BCUT2D eigenvalue weighted by atomic mass is 32.1. The van der Waals surface area contributed by atoms with E-state index in [0.717, 1.165) is 0 Å². The summed E-state index contributed by atoms with van der Waals surface area (Å²) in [6.45, 7) is 4.03. The number of rotatable bonds is 6. The Morgan fingerprint density at radius 1 is 1.43 bits per heavy atom. The standard InChI is InChI=1S/C9H18N2O2S/c1-6(2)8(12)3-4-11-9(13)7(10)5-14/h6-7,14H,3-5,10H2,1-2H3,(H,11,13)/t7-/m1/s1. The summed E-state index contributed by atoms with van der Waals surface area (Å²) >= 11 is 3.90. The number of carbonyl (C=O) groups excluding carboxylic acids is 2. The lowest BCUT2D eigenvalue weighted by Gasteiger charge is -2.09. The van der Waals surface area contributed by atoms with Crippen molar-refractivity contribution < 1.29 is 9.59 Å². The number of hydrogen-bond donors (Lipinski definition) is 3. The van der Waals surface area contributed by atoms with Gasteiger partial charge in [0.25, 0.3) is 0 Å². The number of nitrogens with two attached hydrogens (primary N) is 1. The molecule has 3 N–H and O–H groups in total. The Kier molecular flexibility index (Phi) is 6.57. The summed E-state index contributed by atoms with van der Waals surface area (Å²) in [5.41, 5.74) is 5.42. The van der Waals surface area contributed by atoms with Gasteiger partial charge in [0.1, 0.15) is 5.78 Å². The first-order valence-corrected chi connectivity index (χ1v) is 5.29. The first-order valence-electron chi connectivity index (χ1n) is 4.66. The van der Waals surface area contributed by atoms with Gasteiger partial charge in [-0.1, -0.05) is 13.8 Å². The SMILES string of the molecule is CC(C)C(=O)CCNC(=O)[C@H](N)CS. The third-order valence-electron chi connectivity index (χ3n) is 1.85. The van der Waals surface area contributed by atoms with Crippen LogP contribution in [0.1, 0.15) is 20.3 Å². The Morgan fingerprint density at radius 3 is 2.43 bits per heavy atom. The zero-order valence-electron chi connectivity index (χ0n) is 8.62. The normalized spacial score (nSPS) is 12.6. The molecule has 0 radical (unpaired) electrons.